The predicted octanol–water partition coefficient (Wildman–Crippen LogP) is 4.67. The molecule has 0 saturated heterocycles. The van der Waals surface area contributed by atoms with E-state index in [0.29, 0.717) is 5.82 Å². The second-order valence-corrected chi connectivity index (χ2v) is 5.98. The summed E-state index contributed by atoms with van der Waals surface area (Å²) < 4.78 is 0. The maximum Gasteiger partial charge on any atom is 0.176 e. The van der Waals surface area contributed by atoms with E-state index < -0.39 is 0 Å². The average molecular weight is 338 g/mol. The second-order valence-electron chi connectivity index (χ2n) is 5.98. The third-order valence-electron chi connectivity index (χ3n) is 4.16. The molecule has 0 saturated carbocycles. The molecule has 4 nitrogen and oxygen atoms in total. The van der Waals surface area contributed by atoms with Crippen LogP contribution >= 0.6 is 0 Å². The van der Waals surface area contributed by atoms with Gasteiger partial charge in [0.2, 0.25) is 0 Å². The molecule has 1 N–H and O–H groups in total. The quantitative estimate of drug-likeness (QED) is 0.425. The van der Waals surface area contributed by atoms with Gasteiger partial charge in [0, 0.05) is 17.2 Å². The van der Waals surface area contributed by atoms with Crippen LogP contribution in [0.2, 0.25) is 0 Å². The van der Waals surface area contributed by atoms with E-state index in [9.17, 15) is 0 Å². The SMILES string of the molecule is C(=NNc1nnc(Cc2ccccc2)c2ccccc12)c1ccccc1. The van der Waals surface area contributed by atoms with Crippen LogP contribution in [0.5, 0.6) is 0 Å². The zero-order chi connectivity index (χ0) is 17.6. The van der Waals surface area contributed by atoms with Crippen LogP contribution in [-0.4, -0.2) is 16.4 Å². The van der Waals surface area contributed by atoms with Crippen LogP contribution in [0.25, 0.3) is 10.8 Å². The monoisotopic (exact) mass is 338 g/mol. The van der Waals surface area contributed by atoms with Gasteiger partial charge in [-0.3, -0.25) is 5.43 Å². The first-order valence-corrected chi connectivity index (χ1v) is 8.52. The van der Waals surface area contributed by atoms with Gasteiger partial charge >= 0.3 is 0 Å². The topological polar surface area (TPSA) is 50.2 Å². The number of nitrogens with one attached hydrogen (secondary N) is 1. The van der Waals surface area contributed by atoms with E-state index in [4.69, 9.17) is 0 Å². The molecule has 1 heterocycles. The molecular weight excluding hydrogens is 320 g/mol. The van der Waals surface area contributed by atoms with Crippen molar-refractivity contribution < 1.29 is 0 Å². The lowest BCUT2D eigenvalue weighted by atomic mass is 10.0. The number of hydrogen-bond acceptors (Lipinski definition) is 4. The Morgan fingerprint density at radius 2 is 1.38 bits per heavy atom. The van der Waals surface area contributed by atoms with Gasteiger partial charge in [0.15, 0.2) is 5.82 Å². The summed E-state index contributed by atoms with van der Waals surface area (Å²) in [6, 6.07) is 28.4. The largest absolute Gasteiger partial charge is 0.259 e. The fourth-order valence-corrected chi connectivity index (χ4v) is 2.87. The van der Waals surface area contributed by atoms with E-state index in [2.05, 4.69) is 38.9 Å². The highest BCUT2D eigenvalue weighted by atomic mass is 15.3. The summed E-state index contributed by atoms with van der Waals surface area (Å²) in [7, 11) is 0. The molecule has 0 aliphatic heterocycles. The molecule has 26 heavy (non-hydrogen) atoms. The molecular formula is C22H18N4. The lowest BCUT2D eigenvalue weighted by Gasteiger charge is -2.08. The van der Waals surface area contributed by atoms with Gasteiger partial charge in [-0.05, 0) is 11.1 Å². The van der Waals surface area contributed by atoms with Crippen LogP contribution in [0.15, 0.2) is 90.0 Å². The summed E-state index contributed by atoms with van der Waals surface area (Å²) in [5.74, 6) is 0.657. The average Bonchev–Trinajstić information content (AvgIpc) is 2.71. The normalized spacial score (nSPS) is 11.1. The summed E-state index contributed by atoms with van der Waals surface area (Å²) >= 11 is 0. The Hall–Kier alpha value is -3.53. The smallest absolute Gasteiger partial charge is 0.176 e. The Morgan fingerprint density at radius 3 is 2.15 bits per heavy atom. The molecule has 0 aliphatic rings. The van der Waals surface area contributed by atoms with Gasteiger partial charge in [-0.1, -0.05) is 84.9 Å². The molecule has 0 fully saturated rings. The summed E-state index contributed by atoms with van der Waals surface area (Å²) in [5, 5.41) is 15.2. The van der Waals surface area contributed by atoms with E-state index >= 15 is 0 Å². The van der Waals surface area contributed by atoms with Gasteiger partial charge in [-0.15, -0.1) is 5.10 Å². The minimum atomic E-state index is 0.657. The van der Waals surface area contributed by atoms with Crippen LogP contribution < -0.4 is 5.43 Å². The zero-order valence-corrected chi connectivity index (χ0v) is 14.2. The van der Waals surface area contributed by atoms with Gasteiger partial charge in [-0.2, -0.15) is 10.2 Å². The van der Waals surface area contributed by atoms with Gasteiger partial charge < -0.3 is 0 Å². The van der Waals surface area contributed by atoms with E-state index in [1.165, 1.54) is 5.56 Å². The van der Waals surface area contributed by atoms with E-state index in [1.54, 1.807) is 6.21 Å². The van der Waals surface area contributed by atoms with Gasteiger partial charge in [-0.25, -0.2) is 0 Å². The first-order chi connectivity index (χ1) is 12.9. The summed E-state index contributed by atoms with van der Waals surface area (Å²) in [4.78, 5) is 0. The molecule has 0 spiro atoms. The molecule has 0 unspecified atom stereocenters. The Morgan fingerprint density at radius 1 is 0.731 bits per heavy atom. The highest BCUT2D eigenvalue weighted by molar-refractivity contribution is 5.93. The molecule has 0 bridgehead atoms. The highest BCUT2D eigenvalue weighted by Gasteiger charge is 2.09. The summed E-state index contributed by atoms with van der Waals surface area (Å²) in [6.07, 6.45) is 2.52. The maximum absolute atomic E-state index is 4.44. The minimum absolute atomic E-state index is 0.657. The predicted molar refractivity (Wildman–Crippen MR) is 106 cm³/mol. The van der Waals surface area contributed by atoms with Crippen molar-refractivity contribution >= 4 is 22.8 Å². The van der Waals surface area contributed by atoms with Crippen molar-refractivity contribution in [3.63, 3.8) is 0 Å². The Bertz CT molecular complexity index is 1030. The van der Waals surface area contributed by atoms with E-state index in [0.717, 1.165) is 28.5 Å². The van der Waals surface area contributed by atoms with Crippen molar-refractivity contribution in [2.75, 3.05) is 5.43 Å². The number of hydrogen-bond donors (Lipinski definition) is 1. The molecule has 0 aliphatic carbocycles. The third kappa shape index (κ3) is 3.59. The first kappa shape index (κ1) is 16.0. The van der Waals surface area contributed by atoms with Crippen molar-refractivity contribution in [2.24, 2.45) is 5.10 Å². The van der Waals surface area contributed by atoms with Crippen molar-refractivity contribution in [3.05, 3.63) is 102 Å². The van der Waals surface area contributed by atoms with E-state index in [-0.39, 0.29) is 0 Å². The second kappa shape index (κ2) is 7.57. The van der Waals surface area contributed by atoms with Crippen LogP contribution in [0.4, 0.5) is 5.82 Å². The summed E-state index contributed by atoms with van der Waals surface area (Å²) in [6.45, 7) is 0. The third-order valence-corrected chi connectivity index (χ3v) is 4.16. The van der Waals surface area contributed by atoms with E-state index in [1.807, 2.05) is 66.7 Å². The molecule has 0 amide bonds. The molecule has 4 rings (SSSR count). The van der Waals surface area contributed by atoms with Crippen molar-refractivity contribution in [1.82, 2.24) is 10.2 Å². The molecule has 1 aromatic heterocycles. The fraction of sp³-hybridized carbons (Fsp3) is 0.0455. The molecule has 4 heteroatoms. The Labute approximate surface area is 152 Å². The Kier molecular flexibility index (Phi) is 4.65. The molecule has 3 aromatic carbocycles. The molecule has 0 radical (unpaired) electrons. The number of nitrogens with zero attached hydrogens (tertiary/aromatic N) is 3. The first-order valence-electron chi connectivity index (χ1n) is 8.52. The van der Waals surface area contributed by atoms with Crippen LogP contribution in [0.3, 0.4) is 0 Å². The van der Waals surface area contributed by atoms with Gasteiger partial charge in [0.1, 0.15) is 0 Å². The van der Waals surface area contributed by atoms with Crippen molar-refractivity contribution in [3.8, 4) is 0 Å². The highest BCUT2D eigenvalue weighted by Crippen LogP contribution is 2.24. The fourth-order valence-electron chi connectivity index (χ4n) is 2.87. The number of rotatable bonds is 5. The van der Waals surface area contributed by atoms with Crippen LogP contribution in [-0.2, 0) is 6.42 Å². The van der Waals surface area contributed by atoms with Crippen molar-refractivity contribution in [2.45, 2.75) is 6.42 Å². The maximum atomic E-state index is 4.44. The van der Waals surface area contributed by atoms with Crippen molar-refractivity contribution in [1.29, 1.82) is 0 Å². The summed E-state index contributed by atoms with van der Waals surface area (Å²) in [5.41, 5.74) is 6.23. The number of hydrazone groups is 1. The van der Waals surface area contributed by atoms with Gasteiger partial charge in [0.05, 0.1) is 11.9 Å². The number of anilines is 1. The standard InChI is InChI=1S/C22H18N4/c1-3-9-17(10-4-1)15-21-19-13-7-8-14-20(19)22(26-24-21)25-23-16-18-11-5-2-6-12-18/h1-14,16H,15H2,(H,25,26). The Balaban J connectivity index is 1.63. The lowest BCUT2D eigenvalue weighted by molar-refractivity contribution is 0.956. The molecule has 126 valence electrons. The number of fused-ring (bicyclic) bond motifs is 1. The minimum Gasteiger partial charge on any atom is -0.259 e. The number of benzene rings is 3. The van der Waals surface area contributed by atoms with Crippen LogP contribution in [0, 0.1) is 0 Å². The van der Waals surface area contributed by atoms with Gasteiger partial charge in [0.25, 0.3) is 0 Å². The molecule has 4 aromatic rings. The zero-order valence-electron chi connectivity index (χ0n) is 14.2. The number of aromatic nitrogens is 2. The molecule has 0 atom stereocenters. The lowest BCUT2D eigenvalue weighted by Crippen LogP contribution is -2.02. The van der Waals surface area contributed by atoms with Crippen LogP contribution in [0.1, 0.15) is 16.8 Å².